The number of carbonyl (C=O) groups is 1. The van der Waals surface area contributed by atoms with E-state index in [-0.39, 0.29) is 17.6 Å². The SMILES string of the molecule is CC1=CC2C=CC(=O)N=C2C(O)=C1. The zero-order valence-corrected chi connectivity index (χ0v) is 7.19. The molecule has 13 heavy (non-hydrogen) atoms. The molecule has 1 heterocycles. The Bertz CT molecular complexity index is 386. The molecule has 0 bridgehead atoms. The quantitative estimate of drug-likeness (QED) is 0.607. The first-order chi connectivity index (χ1) is 6.16. The fraction of sp³-hybridized carbons (Fsp3) is 0.200. The molecule has 1 aliphatic heterocycles. The van der Waals surface area contributed by atoms with Crippen LogP contribution >= 0.6 is 0 Å². The highest BCUT2D eigenvalue weighted by Crippen LogP contribution is 2.22. The van der Waals surface area contributed by atoms with Crippen molar-refractivity contribution in [3.63, 3.8) is 0 Å². The van der Waals surface area contributed by atoms with Crippen LogP contribution in [0.4, 0.5) is 0 Å². The standard InChI is InChI=1S/C10H9NO2/c1-6-4-7-2-3-9(13)11-10(7)8(12)5-6/h2-5,7,12H,1H3. The first kappa shape index (κ1) is 7.98. The number of aliphatic hydroxyl groups is 1. The van der Waals surface area contributed by atoms with Crippen molar-refractivity contribution < 1.29 is 9.90 Å². The monoisotopic (exact) mass is 175 g/mol. The predicted octanol–water partition coefficient (Wildman–Crippen LogP) is 1.54. The number of allylic oxidation sites excluding steroid dienone is 5. The molecule has 1 amide bonds. The number of nitrogens with zero attached hydrogens (tertiary/aromatic N) is 1. The van der Waals surface area contributed by atoms with Gasteiger partial charge >= 0.3 is 0 Å². The zero-order chi connectivity index (χ0) is 9.42. The average molecular weight is 175 g/mol. The smallest absolute Gasteiger partial charge is 0.269 e. The Balaban J connectivity index is 2.46. The molecule has 3 nitrogen and oxygen atoms in total. The second kappa shape index (κ2) is 2.69. The molecule has 2 rings (SSSR count). The number of dihydropyridines is 1. The van der Waals surface area contributed by atoms with Gasteiger partial charge in [0.05, 0.1) is 5.71 Å². The summed E-state index contributed by atoms with van der Waals surface area (Å²) in [5, 5.41) is 9.50. The van der Waals surface area contributed by atoms with Gasteiger partial charge in [-0.3, -0.25) is 4.79 Å². The van der Waals surface area contributed by atoms with Gasteiger partial charge in [0.25, 0.3) is 5.91 Å². The molecule has 0 saturated heterocycles. The van der Waals surface area contributed by atoms with E-state index >= 15 is 0 Å². The van der Waals surface area contributed by atoms with Gasteiger partial charge in [0.1, 0.15) is 5.76 Å². The van der Waals surface area contributed by atoms with Crippen LogP contribution < -0.4 is 0 Å². The van der Waals surface area contributed by atoms with Crippen LogP contribution in [0, 0.1) is 5.92 Å². The summed E-state index contributed by atoms with van der Waals surface area (Å²) in [6, 6.07) is 0. The molecule has 66 valence electrons. The van der Waals surface area contributed by atoms with Gasteiger partial charge in [-0.2, -0.15) is 0 Å². The number of hydrogen-bond donors (Lipinski definition) is 1. The lowest BCUT2D eigenvalue weighted by Gasteiger charge is -2.18. The van der Waals surface area contributed by atoms with Crippen LogP contribution in [0.5, 0.6) is 0 Å². The summed E-state index contributed by atoms with van der Waals surface area (Å²) >= 11 is 0. The van der Waals surface area contributed by atoms with Crippen LogP contribution in [-0.4, -0.2) is 16.7 Å². The summed E-state index contributed by atoms with van der Waals surface area (Å²) in [6.45, 7) is 1.90. The molecular weight excluding hydrogens is 166 g/mol. The molecule has 1 aliphatic carbocycles. The molecule has 2 aliphatic rings. The molecule has 0 spiro atoms. The van der Waals surface area contributed by atoms with Crippen LogP contribution in [-0.2, 0) is 4.79 Å². The Kier molecular flexibility index (Phi) is 1.65. The van der Waals surface area contributed by atoms with Gasteiger partial charge < -0.3 is 5.11 Å². The van der Waals surface area contributed by atoms with Crippen molar-refractivity contribution in [2.45, 2.75) is 6.92 Å². The maximum atomic E-state index is 10.9. The van der Waals surface area contributed by atoms with E-state index in [9.17, 15) is 9.90 Å². The summed E-state index contributed by atoms with van der Waals surface area (Å²) in [5.74, 6) is -0.246. The minimum atomic E-state index is -0.306. The lowest BCUT2D eigenvalue weighted by Crippen LogP contribution is -2.21. The number of carbonyl (C=O) groups excluding carboxylic acids is 1. The van der Waals surface area contributed by atoms with Crippen LogP contribution in [0.1, 0.15) is 6.92 Å². The third-order valence-corrected chi connectivity index (χ3v) is 2.06. The molecule has 0 saturated carbocycles. The largest absolute Gasteiger partial charge is 0.506 e. The van der Waals surface area contributed by atoms with Crippen LogP contribution in [0.3, 0.4) is 0 Å². The predicted molar refractivity (Wildman–Crippen MR) is 49.5 cm³/mol. The highest BCUT2D eigenvalue weighted by atomic mass is 16.3. The van der Waals surface area contributed by atoms with Gasteiger partial charge in [0, 0.05) is 12.0 Å². The number of aliphatic imine (C=N–C) groups is 1. The highest BCUT2D eigenvalue weighted by molar-refractivity contribution is 6.13. The van der Waals surface area contributed by atoms with E-state index in [1.807, 2.05) is 13.0 Å². The minimum Gasteiger partial charge on any atom is -0.506 e. The molecule has 3 heteroatoms. The summed E-state index contributed by atoms with van der Waals surface area (Å²) in [5.41, 5.74) is 1.44. The van der Waals surface area contributed by atoms with E-state index in [1.54, 1.807) is 12.2 Å². The molecule has 1 N–H and O–H groups in total. The Morgan fingerprint density at radius 1 is 1.54 bits per heavy atom. The van der Waals surface area contributed by atoms with Crippen LogP contribution in [0.25, 0.3) is 0 Å². The molecular formula is C10H9NO2. The van der Waals surface area contributed by atoms with E-state index < -0.39 is 0 Å². The van der Waals surface area contributed by atoms with E-state index in [2.05, 4.69) is 4.99 Å². The van der Waals surface area contributed by atoms with Gasteiger partial charge in [-0.1, -0.05) is 17.7 Å². The Morgan fingerprint density at radius 3 is 3.08 bits per heavy atom. The number of rotatable bonds is 0. The summed E-state index contributed by atoms with van der Waals surface area (Å²) in [4.78, 5) is 14.7. The van der Waals surface area contributed by atoms with Gasteiger partial charge in [-0.15, -0.1) is 0 Å². The Labute approximate surface area is 75.8 Å². The van der Waals surface area contributed by atoms with Gasteiger partial charge in [-0.25, -0.2) is 4.99 Å². The van der Waals surface area contributed by atoms with Crippen molar-refractivity contribution in [2.75, 3.05) is 0 Å². The number of aliphatic hydroxyl groups excluding tert-OH is 1. The molecule has 0 aromatic heterocycles. The molecule has 1 unspecified atom stereocenters. The second-order valence-corrected chi connectivity index (χ2v) is 3.16. The van der Waals surface area contributed by atoms with Crippen molar-refractivity contribution in [2.24, 2.45) is 10.9 Å². The van der Waals surface area contributed by atoms with Gasteiger partial charge in [0.2, 0.25) is 0 Å². The van der Waals surface area contributed by atoms with Crippen molar-refractivity contribution >= 4 is 11.6 Å². The first-order valence-corrected chi connectivity index (χ1v) is 4.07. The van der Waals surface area contributed by atoms with Gasteiger partial charge in [0.15, 0.2) is 0 Å². The summed E-state index contributed by atoms with van der Waals surface area (Å²) < 4.78 is 0. The highest BCUT2D eigenvalue weighted by Gasteiger charge is 2.22. The summed E-state index contributed by atoms with van der Waals surface area (Å²) in [6.07, 6.45) is 6.75. The topological polar surface area (TPSA) is 49.7 Å². The number of fused-ring (bicyclic) bond motifs is 1. The molecule has 0 aromatic rings. The maximum absolute atomic E-state index is 10.9. The lowest BCUT2D eigenvalue weighted by atomic mass is 9.91. The van der Waals surface area contributed by atoms with Gasteiger partial charge in [-0.05, 0) is 13.0 Å². The molecule has 0 radical (unpaired) electrons. The lowest BCUT2D eigenvalue weighted by molar-refractivity contribution is -0.113. The maximum Gasteiger partial charge on any atom is 0.269 e. The van der Waals surface area contributed by atoms with Crippen molar-refractivity contribution in [3.8, 4) is 0 Å². The Morgan fingerprint density at radius 2 is 2.31 bits per heavy atom. The minimum absolute atomic E-state index is 0.0392. The second-order valence-electron chi connectivity index (χ2n) is 3.16. The van der Waals surface area contributed by atoms with E-state index in [0.717, 1.165) is 5.57 Å². The fourth-order valence-corrected chi connectivity index (χ4v) is 1.49. The molecule has 0 fully saturated rings. The van der Waals surface area contributed by atoms with E-state index in [0.29, 0.717) is 5.71 Å². The first-order valence-electron chi connectivity index (χ1n) is 4.07. The normalized spacial score (nSPS) is 26.1. The average Bonchev–Trinajstić information content (AvgIpc) is 2.06. The molecule has 1 atom stereocenters. The number of amides is 1. The molecule has 0 aromatic carbocycles. The van der Waals surface area contributed by atoms with Crippen molar-refractivity contribution in [1.82, 2.24) is 0 Å². The zero-order valence-electron chi connectivity index (χ0n) is 7.19. The Hall–Kier alpha value is -1.64. The third kappa shape index (κ3) is 1.33. The third-order valence-electron chi connectivity index (χ3n) is 2.06. The van der Waals surface area contributed by atoms with E-state index in [1.165, 1.54) is 6.08 Å². The van der Waals surface area contributed by atoms with Crippen molar-refractivity contribution in [1.29, 1.82) is 0 Å². The van der Waals surface area contributed by atoms with Crippen LogP contribution in [0.15, 0.2) is 40.6 Å². The fourth-order valence-electron chi connectivity index (χ4n) is 1.49. The van der Waals surface area contributed by atoms with E-state index in [4.69, 9.17) is 0 Å². The van der Waals surface area contributed by atoms with Crippen molar-refractivity contribution in [3.05, 3.63) is 35.6 Å². The number of hydrogen-bond acceptors (Lipinski definition) is 2. The summed E-state index contributed by atoms with van der Waals surface area (Å²) in [7, 11) is 0. The van der Waals surface area contributed by atoms with Crippen LogP contribution in [0.2, 0.25) is 0 Å².